The van der Waals surface area contributed by atoms with Crippen molar-refractivity contribution in [2.45, 2.75) is 26.3 Å². The van der Waals surface area contributed by atoms with Crippen LogP contribution in [0.3, 0.4) is 0 Å². The molecule has 2 aromatic carbocycles. The number of anilines is 1. The number of fused-ring (bicyclic) bond motifs is 1. The Kier molecular flexibility index (Phi) is 6.61. The fraction of sp³-hybridized carbons (Fsp3) is 0.458. The van der Waals surface area contributed by atoms with E-state index in [9.17, 15) is 9.18 Å². The van der Waals surface area contributed by atoms with E-state index < -0.39 is 0 Å². The normalized spacial score (nSPS) is 17.7. The van der Waals surface area contributed by atoms with Crippen molar-refractivity contribution in [3.8, 4) is 11.5 Å². The summed E-state index contributed by atoms with van der Waals surface area (Å²) >= 11 is 0. The summed E-state index contributed by atoms with van der Waals surface area (Å²) in [4.78, 5) is 17.6. The van der Waals surface area contributed by atoms with E-state index in [0.29, 0.717) is 30.3 Å². The predicted octanol–water partition coefficient (Wildman–Crippen LogP) is 3.62. The van der Waals surface area contributed by atoms with Crippen molar-refractivity contribution in [2.75, 3.05) is 50.8 Å². The molecular weight excluding hydrogens is 397 g/mol. The molecule has 1 atom stereocenters. The number of amides is 1. The topological polar surface area (TPSA) is 54.0 Å². The first-order chi connectivity index (χ1) is 15.0. The third-order valence-corrected chi connectivity index (χ3v) is 5.97. The summed E-state index contributed by atoms with van der Waals surface area (Å²) in [5, 5.41) is 3.02. The summed E-state index contributed by atoms with van der Waals surface area (Å²) in [5.41, 5.74) is 2.25. The van der Waals surface area contributed by atoms with Gasteiger partial charge in [0.25, 0.3) is 5.91 Å². The Hall–Kier alpha value is -2.80. The smallest absolute Gasteiger partial charge is 0.251 e. The molecule has 2 heterocycles. The minimum absolute atomic E-state index is 0.228. The lowest BCUT2D eigenvalue weighted by atomic mass is 10.0. The number of nitrogens with zero attached hydrogens (tertiary/aromatic N) is 2. The number of likely N-dealkylation sites (N-methyl/N-ethyl adjacent to an activating group) is 1. The lowest BCUT2D eigenvalue weighted by Crippen LogP contribution is -2.46. The van der Waals surface area contributed by atoms with Gasteiger partial charge in [-0.1, -0.05) is 6.92 Å². The van der Waals surface area contributed by atoms with E-state index in [1.54, 1.807) is 18.2 Å². The van der Waals surface area contributed by atoms with Crippen LogP contribution in [0.1, 0.15) is 42.2 Å². The molecule has 4 rings (SSSR count). The molecule has 31 heavy (non-hydrogen) atoms. The van der Waals surface area contributed by atoms with Gasteiger partial charge in [-0.3, -0.25) is 4.79 Å². The van der Waals surface area contributed by atoms with Crippen LogP contribution in [0.4, 0.5) is 10.1 Å². The molecule has 6 nitrogen and oxygen atoms in total. The van der Waals surface area contributed by atoms with Gasteiger partial charge >= 0.3 is 0 Å². The van der Waals surface area contributed by atoms with Gasteiger partial charge in [0.2, 0.25) is 0 Å². The van der Waals surface area contributed by atoms with Crippen molar-refractivity contribution in [2.24, 2.45) is 0 Å². The zero-order valence-electron chi connectivity index (χ0n) is 18.2. The van der Waals surface area contributed by atoms with Crippen LogP contribution in [0.15, 0.2) is 36.4 Å². The third-order valence-electron chi connectivity index (χ3n) is 5.97. The SMILES string of the molecule is CCN1CCN(c2ccc(F)cc2C(C)NC(=O)c2ccc3c(c2)OCCCO3)CC1. The fourth-order valence-corrected chi connectivity index (χ4v) is 4.13. The zero-order chi connectivity index (χ0) is 21.8. The lowest BCUT2D eigenvalue weighted by molar-refractivity contribution is 0.0939. The van der Waals surface area contributed by atoms with Gasteiger partial charge in [-0.2, -0.15) is 0 Å². The third kappa shape index (κ3) is 4.93. The average molecular weight is 428 g/mol. The van der Waals surface area contributed by atoms with Gasteiger partial charge in [0.1, 0.15) is 5.82 Å². The summed E-state index contributed by atoms with van der Waals surface area (Å²) in [6.45, 7) is 9.97. The molecule has 1 unspecified atom stereocenters. The Bertz CT molecular complexity index is 928. The van der Waals surface area contributed by atoms with Crippen molar-refractivity contribution in [1.29, 1.82) is 0 Å². The number of piperazine rings is 1. The molecule has 2 aliphatic rings. The first-order valence-corrected chi connectivity index (χ1v) is 11.0. The van der Waals surface area contributed by atoms with E-state index in [1.807, 2.05) is 13.0 Å². The van der Waals surface area contributed by atoms with Crippen LogP contribution < -0.4 is 19.7 Å². The van der Waals surface area contributed by atoms with E-state index in [-0.39, 0.29) is 17.8 Å². The highest BCUT2D eigenvalue weighted by Crippen LogP contribution is 2.32. The molecule has 0 saturated carbocycles. The molecule has 2 aliphatic heterocycles. The minimum atomic E-state index is -0.349. The van der Waals surface area contributed by atoms with Crippen LogP contribution in [-0.4, -0.2) is 56.7 Å². The molecule has 2 aromatic rings. The summed E-state index contributed by atoms with van der Waals surface area (Å²) in [7, 11) is 0. The van der Waals surface area contributed by atoms with Crippen LogP contribution >= 0.6 is 0 Å². The number of carbonyl (C=O) groups is 1. The molecule has 1 saturated heterocycles. The van der Waals surface area contributed by atoms with Gasteiger partial charge in [0, 0.05) is 49.4 Å². The molecule has 0 aromatic heterocycles. The predicted molar refractivity (Wildman–Crippen MR) is 119 cm³/mol. The van der Waals surface area contributed by atoms with E-state index in [2.05, 4.69) is 22.0 Å². The lowest BCUT2D eigenvalue weighted by Gasteiger charge is -2.37. The summed E-state index contributed by atoms with van der Waals surface area (Å²) < 4.78 is 25.4. The molecule has 0 aliphatic carbocycles. The molecule has 0 bridgehead atoms. The quantitative estimate of drug-likeness (QED) is 0.790. The number of ether oxygens (including phenoxy) is 2. The number of halogens is 1. The largest absolute Gasteiger partial charge is 0.490 e. The van der Waals surface area contributed by atoms with Gasteiger partial charge in [-0.15, -0.1) is 0 Å². The minimum Gasteiger partial charge on any atom is -0.490 e. The molecular formula is C24H30FN3O3. The van der Waals surface area contributed by atoms with Crippen LogP contribution in [-0.2, 0) is 0 Å². The summed E-state index contributed by atoms with van der Waals surface area (Å²) in [5.74, 6) is 0.704. The van der Waals surface area contributed by atoms with E-state index in [4.69, 9.17) is 9.47 Å². The second-order valence-electron chi connectivity index (χ2n) is 8.03. The number of benzene rings is 2. The number of rotatable bonds is 5. The standard InChI is InChI=1S/C24H30FN3O3/c1-3-27-9-11-28(12-10-27)21-7-6-19(25)16-20(21)17(2)26-24(29)18-5-8-22-23(15-18)31-14-4-13-30-22/h5-8,15-17H,3-4,9-14H2,1-2H3,(H,26,29). The van der Waals surface area contributed by atoms with E-state index >= 15 is 0 Å². The molecule has 1 amide bonds. The van der Waals surface area contributed by atoms with Crippen LogP contribution in [0.5, 0.6) is 11.5 Å². The second-order valence-corrected chi connectivity index (χ2v) is 8.03. The Morgan fingerprint density at radius 2 is 1.81 bits per heavy atom. The number of hydrogen-bond acceptors (Lipinski definition) is 5. The molecule has 0 spiro atoms. The van der Waals surface area contributed by atoms with Crippen molar-refractivity contribution in [3.63, 3.8) is 0 Å². The van der Waals surface area contributed by atoms with Crippen molar-refractivity contribution in [3.05, 3.63) is 53.3 Å². The fourth-order valence-electron chi connectivity index (χ4n) is 4.13. The molecule has 7 heteroatoms. The van der Waals surface area contributed by atoms with Crippen LogP contribution in [0.25, 0.3) is 0 Å². The zero-order valence-corrected chi connectivity index (χ0v) is 18.2. The summed E-state index contributed by atoms with van der Waals surface area (Å²) in [6, 6.07) is 9.69. The first kappa shape index (κ1) is 21.4. The van der Waals surface area contributed by atoms with Crippen molar-refractivity contribution in [1.82, 2.24) is 10.2 Å². The van der Waals surface area contributed by atoms with Gasteiger partial charge in [0.15, 0.2) is 11.5 Å². The first-order valence-electron chi connectivity index (χ1n) is 11.0. The maximum atomic E-state index is 14.1. The highest BCUT2D eigenvalue weighted by atomic mass is 19.1. The maximum Gasteiger partial charge on any atom is 0.251 e. The Labute approximate surface area is 182 Å². The van der Waals surface area contributed by atoms with Gasteiger partial charge < -0.3 is 24.6 Å². The summed E-state index contributed by atoms with van der Waals surface area (Å²) in [6.07, 6.45) is 0.808. The number of nitrogens with one attached hydrogen (secondary N) is 1. The highest BCUT2D eigenvalue weighted by Gasteiger charge is 2.23. The Morgan fingerprint density at radius 1 is 1.06 bits per heavy atom. The number of carbonyl (C=O) groups excluding carboxylic acids is 1. The maximum absolute atomic E-state index is 14.1. The van der Waals surface area contributed by atoms with Crippen molar-refractivity contribution < 1.29 is 18.7 Å². The number of hydrogen-bond donors (Lipinski definition) is 1. The molecule has 0 radical (unpaired) electrons. The van der Waals surface area contributed by atoms with Gasteiger partial charge in [0.05, 0.1) is 19.3 Å². The van der Waals surface area contributed by atoms with Gasteiger partial charge in [-0.25, -0.2) is 4.39 Å². The second kappa shape index (κ2) is 9.56. The Morgan fingerprint density at radius 3 is 2.55 bits per heavy atom. The van der Waals surface area contributed by atoms with Gasteiger partial charge in [-0.05, 0) is 49.9 Å². The van der Waals surface area contributed by atoms with E-state index in [1.165, 1.54) is 12.1 Å². The van der Waals surface area contributed by atoms with E-state index in [0.717, 1.165) is 50.4 Å². The molecule has 1 fully saturated rings. The van der Waals surface area contributed by atoms with Crippen LogP contribution in [0.2, 0.25) is 0 Å². The Balaban J connectivity index is 1.50. The average Bonchev–Trinajstić information content (AvgIpc) is 3.04. The molecule has 1 N–H and O–H groups in total. The molecule has 166 valence electrons. The highest BCUT2D eigenvalue weighted by molar-refractivity contribution is 5.95. The van der Waals surface area contributed by atoms with Crippen LogP contribution in [0, 0.1) is 5.82 Å². The van der Waals surface area contributed by atoms with Crippen molar-refractivity contribution >= 4 is 11.6 Å². The monoisotopic (exact) mass is 427 g/mol.